The fourth-order valence-corrected chi connectivity index (χ4v) is 2.69. The Bertz CT molecular complexity index is 654. The summed E-state index contributed by atoms with van der Waals surface area (Å²) in [5.74, 6) is -0.126. The Morgan fingerprint density at radius 3 is 3.10 bits per heavy atom. The van der Waals surface area contributed by atoms with Crippen molar-refractivity contribution in [2.75, 3.05) is 18.9 Å². The van der Waals surface area contributed by atoms with Crippen LogP contribution in [0.2, 0.25) is 0 Å². The molecule has 0 bridgehead atoms. The zero-order chi connectivity index (χ0) is 15.2. The number of nitriles is 1. The van der Waals surface area contributed by atoms with Gasteiger partial charge < -0.3 is 5.32 Å². The minimum atomic E-state index is -0.126. The summed E-state index contributed by atoms with van der Waals surface area (Å²) in [4.78, 5) is 13.9. The number of rotatable bonds is 6. The van der Waals surface area contributed by atoms with E-state index in [0.29, 0.717) is 17.1 Å². The molecular formula is C14H17N5OS. The van der Waals surface area contributed by atoms with Gasteiger partial charge in [0, 0.05) is 24.8 Å². The number of thiophene rings is 1. The molecular weight excluding hydrogens is 286 g/mol. The average molecular weight is 303 g/mol. The standard InChI is InChI=1S/C14H17N5OS/c1-3-19-9-11(7-16-19)8-18(2)10-13(20)17-14-12(6-15)4-5-21-14/h4-5,7,9H,3,8,10H2,1-2H3,(H,17,20). The second kappa shape index (κ2) is 7.02. The van der Waals surface area contributed by atoms with E-state index >= 15 is 0 Å². The van der Waals surface area contributed by atoms with Gasteiger partial charge in [-0.05, 0) is 25.4 Å². The molecule has 2 aromatic heterocycles. The van der Waals surface area contributed by atoms with Crippen molar-refractivity contribution in [3.8, 4) is 6.07 Å². The molecule has 21 heavy (non-hydrogen) atoms. The molecule has 0 unspecified atom stereocenters. The first kappa shape index (κ1) is 15.2. The molecule has 2 rings (SSSR count). The van der Waals surface area contributed by atoms with Crippen LogP contribution in [0.25, 0.3) is 0 Å². The maximum absolute atomic E-state index is 12.0. The summed E-state index contributed by atoms with van der Waals surface area (Å²) in [5.41, 5.74) is 1.57. The van der Waals surface area contributed by atoms with E-state index in [1.807, 2.05) is 35.9 Å². The zero-order valence-corrected chi connectivity index (χ0v) is 12.9. The lowest BCUT2D eigenvalue weighted by atomic mass is 10.3. The average Bonchev–Trinajstić information content (AvgIpc) is 3.07. The highest BCUT2D eigenvalue weighted by atomic mass is 32.1. The second-order valence-electron chi connectivity index (χ2n) is 4.70. The number of nitrogens with one attached hydrogen (secondary N) is 1. The molecule has 1 amide bonds. The lowest BCUT2D eigenvalue weighted by Crippen LogP contribution is -2.29. The third kappa shape index (κ3) is 4.15. The van der Waals surface area contributed by atoms with Crippen LogP contribution in [0.4, 0.5) is 5.00 Å². The third-order valence-corrected chi connectivity index (χ3v) is 3.75. The van der Waals surface area contributed by atoms with Gasteiger partial charge in [-0.2, -0.15) is 10.4 Å². The first-order valence-electron chi connectivity index (χ1n) is 6.59. The number of carbonyl (C=O) groups excluding carboxylic acids is 1. The van der Waals surface area contributed by atoms with E-state index in [1.165, 1.54) is 11.3 Å². The summed E-state index contributed by atoms with van der Waals surface area (Å²) in [6, 6.07) is 3.75. The van der Waals surface area contributed by atoms with Crippen LogP contribution in [-0.2, 0) is 17.9 Å². The van der Waals surface area contributed by atoms with E-state index in [2.05, 4.69) is 16.5 Å². The Kier molecular flexibility index (Phi) is 5.09. The number of nitrogens with zero attached hydrogens (tertiary/aromatic N) is 4. The zero-order valence-electron chi connectivity index (χ0n) is 12.0. The van der Waals surface area contributed by atoms with Crippen molar-refractivity contribution in [1.29, 1.82) is 5.26 Å². The van der Waals surface area contributed by atoms with Gasteiger partial charge in [0.2, 0.25) is 5.91 Å². The number of aryl methyl sites for hydroxylation is 1. The lowest BCUT2D eigenvalue weighted by molar-refractivity contribution is -0.117. The van der Waals surface area contributed by atoms with Crippen molar-refractivity contribution in [2.45, 2.75) is 20.0 Å². The lowest BCUT2D eigenvalue weighted by Gasteiger charge is -2.14. The minimum Gasteiger partial charge on any atom is -0.315 e. The van der Waals surface area contributed by atoms with E-state index < -0.39 is 0 Å². The third-order valence-electron chi connectivity index (χ3n) is 2.92. The largest absolute Gasteiger partial charge is 0.315 e. The van der Waals surface area contributed by atoms with Crippen molar-refractivity contribution < 1.29 is 4.79 Å². The Morgan fingerprint density at radius 1 is 1.62 bits per heavy atom. The van der Waals surface area contributed by atoms with Crippen LogP contribution in [0.15, 0.2) is 23.8 Å². The summed E-state index contributed by atoms with van der Waals surface area (Å²) in [5, 5.41) is 18.3. The van der Waals surface area contributed by atoms with Crippen LogP contribution in [0.3, 0.4) is 0 Å². The van der Waals surface area contributed by atoms with Gasteiger partial charge in [-0.25, -0.2) is 0 Å². The molecule has 0 aromatic carbocycles. The van der Waals surface area contributed by atoms with Crippen molar-refractivity contribution in [3.63, 3.8) is 0 Å². The molecule has 0 atom stereocenters. The summed E-state index contributed by atoms with van der Waals surface area (Å²) < 4.78 is 1.86. The van der Waals surface area contributed by atoms with Crippen LogP contribution in [0, 0.1) is 11.3 Å². The Balaban J connectivity index is 1.86. The molecule has 0 saturated heterocycles. The Hall–Kier alpha value is -2.17. The molecule has 0 saturated carbocycles. The van der Waals surface area contributed by atoms with Crippen LogP contribution in [0.1, 0.15) is 18.1 Å². The number of amides is 1. The van der Waals surface area contributed by atoms with Crippen LogP contribution in [0.5, 0.6) is 0 Å². The molecule has 0 fully saturated rings. The van der Waals surface area contributed by atoms with Gasteiger partial charge in [0.25, 0.3) is 0 Å². The van der Waals surface area contributed by atoms with Crippen LogP contribution < -0.4 is 5.32 Å². The van der Waals surface area contributed by atoms with Gasteiger partial charge in [-0.15, -0.1) is 11.3 Å². The summed E-state index contributed by atoms with van der Waals surface area (Å²) in [6.45, 7) is 3.78. The minimum absolute atomic E-state index is 0.126. The first-order valence-corrected chi connectivity index (χ1v) is 7.47. The first-order chi connectivity index (χ1) is 10.1. The van der Waals surface area contributed by atoms with E-state index in [9.17, 15) is 4.79 Å². The molecule has 0 aliphatic rings. The number of likely N-dealkylation sites (N-methyl/N-ethyl adjacent to an activating group) is 1. The number of carbonyl (C=O) groups is 1. The van der Waals surface area contributed by atoms with Gasteiger partial charge in [-0.1, -0.05) is 0 Å². The van der Waals surface area contributed by atoms with Crippen molar-refractivity contribution in [2.24, 2.45) is 0 Å². The fraction of sp³-hybridized carbons (Fsp3) is 0.357. The van der Waals surface area contributed by atoms with E-state index in [4.69, 9.17) is 5.26 Å². The monoisotopic (exact) mass is 303 g/mol. The molecule has 0 aliphatic carbocycles. The van der Waals surface area contributed by atoms with E-state index in [-0.39, 0.29) is 12.5 Å². The summed E-state index contributed by atoms with van der Waals surface area (Å²) in [6.07, 6.45) is 3.78. The van der Waals surface area contributed by atoms with Gasteiger partial charge in [0.1, 0.15) is 11.1 Å². The van der Waals surface area contributed by atoms with Gasteiger partial charge in [-0.3, -0.25) is 14.4 Å². The normalized spacial score (nSPS) is 10.6. The molecule has 2 aromatic rings. The number of aromatic nitrogens is 2. The highest BCUT2D eigenvalue weighted by Crippen LogP contribution is 2.21. The highest BCUT2D eigenvalue weighted by Gasteiger charge is 2.11. The fourth-order valence-electron chi connectivity index (χ4n) is 1.93. The molecule has 1 N–H and O–H groups in total. The molecule has 7 heteroatoms. The number of hydrogen-bond donors (Lipinski definition) is 1. The second-order valence-corrected chi connectivity index (χ2v) is 5.62. The number of hydrogen-bond acceptors (Lipinski definition) is 5. The van der Waals surface area contributed by atoms with Crippen molar-refractivity contribution in [1.82, 2.24) is 14.7 Å². The van der Waals surface area contributed by atoms with E-state index in [0.717, 1.165) is 12.1 Å². The van der Waals surface area contributed by atoms with Gasteiger partial charge >= 0.3 is 0 Å². The Labute approximate surface area is 127 Å². The van der Waals surface area contributed by atoms with E-state index in [1.54, 1.807) is 11.4 Å². The number of anilines is 1. The molecule has 2 heterocycles. The molecule has 0 spiro atoms. The predicted octanol–water partition coefficient (Wildman–Crippen LogP) is 1.91. The molecule has 0 aliphatic heterocycles. The Morgan fingerprint density at radius 2 is 2.43 bits per heavy atom. The SMILES string of the molecule is CCn1cc(CN(C)CC(=O)Nc2sccc2C#N)cn1. The highest BCUT2D eigenvalue weighted by molar-refractivity contribution is 7.14. The van der Waals surface area contributed by atoms with Crippen molar-refractivity contribution in [3.05, 3.63) is 35.0 Å². The maximum atomic E-state index is 12.0. The summed E-state index contributed by atoms with van der Waals surface area (Å²) >= 11 is 1.35. The molecule has 0 radical (unpaired) electrons. The molecule has 6 nitrogen and oxygen atoms in total. The smallest absolute Gasteiger partial charge is 0.239 e. The van der Waals surface area contributed by atoms with Crippen molar-refractivity contribution >= 4 is 22.2 Å². The summed E-state index contributed by atoms with van der Waals surface area (Å²) in [7, 11) is 1.88. The van der Waals surface area contributed by atoms with Crippen LogP contribution in [-0.4, -0.2) is 34.2 Å². The maximum Gasteiger partial charge on any atom is 0.239 e. The van der Waals surface area contributed by atoms with Gasteiger partial charge in [0.15, 0.2) is 0 Å². The van der Waals surface area contributed by atoms with Crippen LogP contribution >= 0.6 is 11.3 Å². The quantitative estimate of drug-likeness (QED) is 0.884. The van der Waals surface area contributed by atoms with Gasteiger partial charge in [0.05, 0.1) is 18.3 Å². The molecule has 110 valence electrons. The topological polar surface area (TPSA) is 74.0 Å². The predicted molar refractivity (Wildman–Crippen MR) is 81.9 cm³/mol.